The topological polar surface area (TPSA) is 85.5 Å². The monoisotopic (exact) mass is 345 g/mol. The van der Waals surface area contributed by atoms with Crippen molar-refractivity contribution in [3.8, 4) is 0 Å². The maximum atomic E-state index is 12.6. The Morgan fingerprint density at radius 2 is 2.04 bits per heavy atom. The molecule has 2 aliphatic heterocycles. The van der Waals surface area contributed by atoms with Crippen LogP contribution in [0.3, 0.4) is 0 Å². The maximum absolute atomic E-state index is 12.6. The van der Waals surface area contributed by atoms with E-state index in [-0.39, 0.29) is 23.8 Å². The molecule has 3 heterocycles. The molecule has 2 N–H and O–H groups in total. The molecule has 6 heteroatoms. The molecule has 2 amide bonds. The summed E-state index contributed by atoms with van der Waals surface area (Å²) in [5.74, 6) is 0.0856. The lowest BCUT2D eigenvalue weighted by Gasteiger charge is -2.33. The van der Waals surface area contributed by atoms with Crippen molar-refractivity contribution in [2.24, 2.45) is 17.6 Å². The van der Waals surface area contributed by atoms with E-state index in [1.165, 1.54) is 0 Å². The van der Waals surface area contributed by atoms with Crippen molar-refractivity contribution >= 4 is 11.8 Å². The van der Waals surface area contributed by atoms with Gasteiger partial charge in [0, 0.05) is 25.4 Å². The number of nitrogens with two attached hydrogens (primary N) is 1. The minimum Gasteiger partial charge on any atom is -0.377 e. The summed E-state index contributed by atoms with van der Waals surface area (Å²) in [5.41, 5.74) is 6.94. The number of primary amides is 1. The van der Waals surface area contributed by atoms with Gasteiger partial charge in [0.1, 0.15) is 5.69 Å². The lowest BCUT2D eigenvalue weighted by molar-refractivity contribution is -0.123. The van der Waals surface area contributed by atoms with E-state index in [1.807, 2.05) is 24.0 Å². The minimum absolute atomic E-state index is 0.0147. The zero-order valence-electron chi connectivity index (χ0n) is 14.8. The number of hydrogen-bond donors (Lipinski definition) is 1. The van der Waals surface area contributed by atoms with Crippen LogP contribution >= 0.6 is 0 Å². The highest BCUT2D eigenvalue weighted by atomic mass is 16.5. The van der Waals surface area contributed by atoms with Crippen molar-refractivity contribution in [1.29, 1.82) is 0 Å². The normalized spacial score (nSPS) is 24.4. The largest absolute Gasteiger partial charge is 0.377 e. The van der Waals surface area contributed by atoms with Crippen LogP contribution in [0.25, 0.3) is 0 Å². The Bertz CT molecular complexity index is 626. The van der Waals surface area contributed by atoms with Crippen LogP contribution in [0.15, 0.2) is 18.2 Å². The van der Waals surface area contributed by atoms with E-state index in [0.29, 0.717) is 18.2 Å². The molecule has 6 nitrogen and oxygen atoms in total. The standard InChI is InChI=1S/C19H27N3O3/c1-2-14-4-3-5-16(21-14)19(24)22-9-6-13(7-10-22)12-17-15(18(20)23)8-11-25-17/h3-5,13,15,17H,2,6-12H2,1H3,(H2,20,23)/t15-,17-/m1/s1. The highest BCUT2D eigenvalue weighted by molar-refractivity contribution is 5.92. The van der Waals surface area contributed by atoms with Crippen LogP contribution in [-0.2, 0) is 16.0 Å². The zero-order chi connectivity index (χ0) is 17.8. The van der Waals surface area contributed by atoms with E-state index in [4.69, 9.17) is 10.5 Å². The summed E-state index contributed by atoms with van der Waals surface area (Å²) < 4.78 is 5.71. The first-order chi connectivity index (χ1) is 12.1. The Kier molecular flexibility index (Phi) is 5.68. The quantitative estimate of drug-likeness (QED) is 0.881. The molecule has 0 aliphatic carbocycles. The molecule has 136 valence electrons. The first-order valence-electron chi connectivity index (χ1n) is 9.24. The molecule has 25 heavy (non-hydrogen) atoms. The summed E-state index contributed by atoms with van der Waals surface area (Å²) in [6.07, 6.45) is 4.24. The average Bonchev–Trinajstić information content (AvgIpc) is 3.10. The Morgan fingerprint density at radius 1 is 1.28 bits per heavy atom. The number of pyridine rings is 1. The molecule has 0 unspecified atom stereocenters. The third-order valence-electron chi connectivity index (χ3n) is 5.43. The van der Waals surface area contributed by atoms with Crippen molar-refractivity contribution < 1.29 is 14.3 Å². The van der Waals surface area contributed by atoms with E-state index >= 15 is 0 Å². The first-order valence-corrected chi connectivity index (χ1v) is 9.24. The molecule has 2 aliphatic rings. The van der Waals surface area contributed by atoms with Crippen LogP contribution in [0.4, 0.5) is 0 Å². The smallest absolute Gasteiger partial charge is 0.272 e. The number of likely N-dealkylation sites (tertiary alicyclic amines) is 1. The van der Waals surface area contributed by atoms with Gasteiger partial charge in [-0.1, -0.05) is 13.0 Å². The molecule has 2 atom stereocenters. The number of ether oxygens (including phenoxy) is 1. The van der Waals surface area contributed by atoms with Gasteiger partial charge >= 0.3 is 0 Å². The van der Waals surface area contributed by atoms with Gasteiger partial charge < -0.3 is 15.4 Å². The lowest BCUT2D eigenvalue weighted by Crippen LogP contribution is -2.40. The molecule has 0 saturated carbocycles. The van der Waals surface area contributed by atoms with E-state index in [9.17, 15) is 9.59 Å². The molecule has 0 radical (unpaired) electrons. The summed E-state index contributed by atoms with van der Waals surface area (Å²) in [4.78, 5) is 30.4. The van der Waals surface area contributed by atoms with Gasteiger partial charge in [0.05, 0.1) is 12.0 Å². The van der Waals surface area contributed by atoms with Crippen molar-refractivity contribution in [3.63, 3.8) is 0 Å². The number of rotatable bonds is 5. The van der Waals surface area contributed by atoms with E-state index < -0.39 is 0 Å². The number of amides is 2. The molecule has 0 bridgehead atoms. The van der Waals surface area contributed by atoms with Gasteiger partial charge in [-0.25, -0.2) is 4.98 Å². The van der Waals surface area contributed by atoms with Gasteiger partial charge in [0.25, 0.3) is 5.91 Å². The predicted octanol–water partition coefficient (Wildman–Crippen LogP) is 1.78. The van der Waals surface area contributed by atoms with Crippen LogP contribution in [0.1, 0.15) is 48.8 Å². The number of hydrogen-bond acceptors (Lipinski definition) is 4. The van der Waals surface area contributed by atoms with Gasteiger partial charge in [-0.15, -0.1) is 0 Å². The second-order valence-electron chi connectivity index (χ2n) is 7.05. The van der Waals surface area contributed by atoms with E-state index in [2.05, 4.69) is 4.98 Å². The summed E-state index contributed by atoms with van der Waals surface area (Å²) in [7, 11) is 0. The minimum atomic E-state index is -0.253. The molecular weight excluding hydrogens is 318 g/mol. The average molecular weight is 345 g/mol. The fourth-order valence-corrected chi connectivity index (χ4v) is 3.86. The van der Waals surface area contributed by atoms with Gasteiger partial charge in [0.2, 0.25) is 5.91 Å². The fourth-order valence-electron chi connectivity index (χ4n) is 3.86. The Labute approximate surface area is 148 Å². The number of carbonyl (C=O) groups excluding carboxylic acids is 2. The number of aromatic nitrogens is 1. The Morgan fingerprint density at radius 3 is 2.72 bits per heavy atom. The molecule has 2 saturated heterocycles. The molecular formula is C19H27N3O3. The highest BCUT2D eigenvalue weighted by Crippen LogP contribution is 2.30. The Balaban J connectivity index is 1.53. The molecule has 2 fully saturated rings. The molecule has 1 aromatic rings. The zero-order valence-corrected chi connectivity index (χ0v) is 14.8. The van der Waals surface area contributed by atoms with Crippen molar-refractivity contribution in [2.45, 2.75) is 45.1 Å². The van der Waals surface area contributed by atoms with Crippen LogP contribution < -0.4 is 5.73 Å². The van der Waals surface area contributed by atoms with Gasteiger partial charge in [-0.3, -0.25) is 9.59 Å². The van der Waals surface area contributed by atoms with Crippen LogP contribution in [0.2, 0.25) is 0 Å². The molecule has 1 aromatic heterocycles. The first kappa shape index (κ1) is 17.9. The molecule has 0 aromatic carbocycles. The summed E-state index contributed by atoms with van der Waals surface area (Å²) >= 11 is 0. The third kappa shape index (κ3) is 4.18. The van der Waals surface area contributed by atoms with E-state index in [0.717, 1.165) is 50.9 Å². The molecule has 0 spiro atoms. The van der Waals surface area contributed by atoms with Crippen molar-refractivity contribution in [2.75, 3.05) is 19.7 Å². The number of nitrogens with zero attached hydrogens (tertiary/aromatic N) is 2. The second-order valence-corrected chi connectivity index (χ2v) is 7.05. The molecule has 3 rings (SSSR count). The third-order valence-corrected chi connectivity index (χ3v) is 5.43. The second kappa shape index (κ2) is 7.95. The summed E-state index contributed by atoms with van der Waals surface area (Å²) in [6, 6.07) is 5.63. The summed E-state index contributed by atoms with van der Waals surface area (Å²) in [5, 5.41) is 0. The number of carbonyl (C=O) groups is 2. The number of aryl methyl sites for hydroxylation is 1. The van der Waals surface area contributed by atoms with Gasteiger partial charge in [-0.05, 0) is 50.2 Å². The van der Waals surface area contributed by atoms with Crippen LogP contribution in [0.5, 0.6) is 0 Å². The highest BCUT2D eigenvalue weighted by Gasteiger charge is 2.35. The number of piperidine rings is 1. The van der Waals surface area contributed by atoms with Crippen molar-refractivity contribution in [1.82, 2.24) is 9.88 Å². The fraction of sp³-hybridized carbons (Fsp3) is 0.632. The van der Waals surface area contributed by atoms with Gasteiger partial charge in [0.15, 0.2) is 0 Å². The van der Waals surface area contributed by atoms with Gasteiger partial charge in [-0.2, -0.15) is 0 Å². The van der Waals surface area contributed by atoms with E-state index in [1.54, 1.807) is 6.07 Å². The summed E-state index contributed by atoms with van der Waals surface area (Å²) in [6.45, 7) is 4.12. The van der Waals surface area contributed by atoms with Crippen LogP contribution in [0, 0.1) is 11.8 Å². The van der Waals surface area contributed by atoms with Crippen molar-refractivity contribution in [3.05, 3.63) is 29.6 Å². The maximum Gasteiger partial charge on any atom is 0.272 e. The predicted molar refractivity (Wildman–Crippen MR) is 93.9 cm³/mol. The Hall–Kier alpha value is -1.95. The lowest BCUT2D eigenvalue weighted by atomic mass is 9.86. The SMILES string of the molecule is CCc1cccc(C(=O)N2CCC(C[C@H]3OCC[C@H]3C(N)=O)CC2)n1. The van der Waals surface area contributed by atoms with Crippen LogP contribution in [-0.4, -0.2) is 47.5 Å².